The topological polar surface area (TPSA) is 87.3 Å². The van der Waals surface area contributed by atoms with Crippen LogP contribution in [0.25, 0.3) is 21.9 Å². The number of nitrogens with zero attached hydrogens (tertiary/aromatic N) is 8. The molecule has 1 aliphatic rings. The van der Waals surface area contributed by atoms with Gasteiger partial charge in [-0.25, -0.2) is 19.5 Å². The number of hydrogen-bond acceptors (Lipinski definition) is 6. The predicted octanol–water partition coefficient (Wildman–Crippen LogP) is 6.56. The van der Waals surface area contributed by atoms with Gasteiger partial charge in [0.1, 0.15) is 11.3 Å². The molecular weight excluding hydrogens is 472 g/mol. The van der Waals surface area contributed by atoms with E-state index in [4.69, 9.17) is 11.6 Å². The summed E-state index contributed by atoms with van der Waals surface area (Å²) in [5.74, 6) is 0.910. The van der Waals surface area contributed by atoms with Gasteiger partial charge in [0.05, 0.1) is 18.3 Å². The van der Waals surface area contributed by atoms with Crippen LogP contribution in [0.15, 0.2) is 120 Å². The third-order valence-electron chi connectivity index (χ3n) is 5.97. The lowest BCUT2D eigenvalue weighted by Crippen LogP contribution is -2.11. The summed E-state index contributed by atoms with van der Waals surface area (Å²) in [7, 11) is 0. The Bertz CT molecular complexity index is 1720. The maximum atomic E-state index is 9.78. The SMILES string of the molecule is [C-]#[N+]C1=C(C#N)c2nc(-c3ccccn3)nn2/C1=N\c1ccc(N(c2ccccc2)c2ccccc2)cc1. The number of anilines is 3. The zero-order valence-corrected chi connectivity index (χ0v) is 20.0. The third-order valence-corrected chi connectivity index (χ3v) is 5.97. The van der Waals surface area contributed by atoms with Crippen molar-refractivity contribution in [3.05, 3.63) is 132 Å². The first-order valence-electron chi connectivity index (χ1n) is 11.8. The standard InChI is InChI=1S/C30H18N8/c1-32-27-25(20-31)29-35-28(26-14-8-9-19-33-26)36-38(29)30(27)34-21-15-17-24(18-16-21)37(22-10-4-2-5-11-22)23-12-6-3-7-13-23/h2-19H/b34-30-. The van der Waals surface area contributed by atoms with Gasteiger partial charge in [-0.3, -0.25) is 4.98 Å². The molecule has 3 aromatic carbocycles. The van der Waals surface area contributed by atoms with Crippen LogP contribution in [-0.4, -0.2) is 25.6 Å². The second kappa shape index (κ2) is 9.65. The lowest BCUT2D eigenvalue weighted by atomic mass is 10.2. The van der Waals surface area contributed by atoms with Crippen molar-refractivity contribution in [2.24, 2.45) is 4.99 Å². The van der Waals surface area contributed by atoms with Crippen LogP contribution in [0.3, 0.4) is 0 Å². The summed E-state index contributed by atoms with van der Waals surface area (Å²) < 4.78 is 1.45. The summed E-state index contributed by atoms with van der Waals surface area (Å²) in [5, 5.41) is 14.3. The van der Waals surface area contributed by atoms with E-state index < -0.39 is 0 Å². The first-order chi connectivity index (χ1) is 18.8. The molecule has 38 heavy (non-hydrogen) atoms. The number of fused-ring (bicyclic) bond motifs is 1. The maximum Gasteiger partial charge on any atom is 0.251 e. The van der Waals surface area contributed by atoms with E-state index in [2.05, 4.69) is 55.1 Å². The minimum atomic E-state index is 0.120. The normalized spacial score (nSPS) is 13.2. The number of pyridine rings is 1. The van der Waals surface area contributed by atoms with Gasteiger partial charge in [-0.2, -0.15) is 5.26 Å². The largest absolute Gasteiger partial charge is 0.311 e. The summed E-state index contributed by atoms with van der Waals surface area (Å²) >= 11 is 0. The summed E-state index contributed by atoms with van der Waals surface area (Å²) in [4.78, 5) is 19.2. The Morgan fingerprint density at radius 3 is 2.03 bits per heavy atom. The molecule has 0 N–H and O–H groups in total. The average Bonchev–Trinajstić information content (AvgIpc) is 3.53. The van der Waals surface area contributed by atoms with E-state index >= 15 is 0 Å². The van der Waals surface area contributed by atoms with Gasteiger partial charge in [0, 0.05) is 23.3 Å². The molecule has 0 spiro atoms. The number of nitriles is 1. The van der Waals surface area contributed by atoms with Crippen LogP contribution in [0.4, 0.5) is 22.7 Å². The van der Waals surface area contributed by atoms with Gasteiger partial charge in [0.2, 0.25) is 5.82 Å². The van der Waals surface area contributed by atoms with E-state index in [1.54, 1.807) is 18.3 Å². The number of rotatable bonds is 5. The summed E-state index contributed by atoms with van der Waals surface area (Å²) in [5.41, 5.74) is 4.46. The molecule has 0 bridgehead atoms. The minimum Gasteiger partial charge on any atom is -0.311 e. The van der Waals surface area contributed by atoms with E-state index in [1.807, 2.05) is 66.7 Å². The molecular formula is C30H18N8. The van der Waals surface area contributed by atoms with Gasteiger partial charge in [-0.05, 0) is 60.7 Å². The zero-order valence-electron chi connectivity index (χ0n) is 20.0. The molecule has 0 radical (unpaired) electrons. The van der Waals surface area contributed by atoms with Crippen molar-refractivity contribution in [2.75, 3.05) is 4.90 Å². The highest BCUT2D eigenvalue weighted by atomic mass is 15.4. The molecule has 0 unspecified atom stereocenters. The van der Waals surface area contributed by atoms with Crippen molar-refractivity contribution in [3.8, 4) is 17.6 Å². The second-order valence-corrected chi connectivity index (χ2v) is 8.29. The molecule has 0 saturated heterocycles. The van der Waals surface area contributed by atoms with Crippen LogP contribution in [0.1, 0.15) is 5.82 Å². The van der Waals surface area contributed by atoms with Crippen LogP contribution in [0, 0.1) is 17.9 Å². The molecule has 5 aromatic rings. The Hall–Kier alpha value is -5.86. The quantitative estimate of drug-likeness (QED) is 0.261. The number of benzene rings is 3. The number of aliphatic imine (C=N–C) groups is 1. The average molecular weight is 491 g/mol. The Kier molecular flexibility index (Phi) is 5.74. The molecule has 2 aromatic heterocycles. The lowest BCUT2D eigenvalue weighted by Gasteiger charge is -2.25. The van der Waals surface area contributed by atoms with Crippen molar-refractivity contribution in [1.29, 1.82) is 5.26 Å². The molecule has 8 heteroatoms. The molecule has 8 nitrogen and oxygen atoms in total. The highest BCUT2D eigenvalue weighted by molar-refractivity contribution is 6.15. The van der Waals surface area contributed by atoms with Crippen molar-refractivity contribution in [2.45, 2.75) is 0 Å². The Balaban J connectivity index is 1.41. The first kappa shape index (κ1) is 22.6. The third kappa shape index (κ3) is 3.98. The smallest absolute Gasteiger partial charge is 0.251 e. The molecule has 0 saturated carbocycles. The highest BCUT2D eigenvalue weighted by Gasteiger charge is 2.33. The number of allylic oxidation sites excluding steroid dienone is 2. The monoisotopic (exact) mass is 490 g/mol. The van der Waals surface area contributed by atoms with E-state index in [0.29, 0.717) is 17.2 Å². The van der Waals surface area contributed by atoms with E-state index in [0.717, 1.165) is 17.1 Å². The van der Waals surface area contributed by atoms with Crippen LogP contribution in [-0.2, 0) is 0 Å². The van der Waals surface area contributed by atoms with Crippen LogP contribution in [0.5, 0.6) is 0 Å². The van der Waals surface area contributed by atoms with E-state index in [-0.39, 0.29) is 22.9 Å². The van der Waals surface area contributed by atoms with Gasteiger partial charge in [0.25, 0.3) is 5.70 Å². The van der Waals surface area contributed by atoms with Crippen molar-refractivity contribution >= 4 is 34.2 Å². The van der Waals surface area contributed by atoms with Crippen LogP contribution >= 0.6 is 0 Å². The number of para-hydroxylation sites is 2. The lowest BCUT2D eigenvalue weighted by molar-refractivity contribution is 0.933. The molecule has 0 fully saturated rings. The predicted molar refractivity (Wildman–Crippen MR) is 146 cm³/mol. The molecule has 178 valence electrons. The van der Waals surface area contributed by atoms with Gasteiger partial charge >= 0.3 is 0 Å². The maximum absolute atomic E-state index is 9.78. The van der Waals surface area contributed by atoms with Crippen molar-refractivity contribution < 1.29 is 0 Å². The van der Waals surface area contributed by atoms with Crippen LogP contribution in [0.2, 0.25) is 0 Å². The number of hydrogen-bond donors (Lipinski definition) is 0. The summed E-state index contributed by atoms with van der Waals surface area (Å²) in [6, 6.07) is 35.5. The minimum absolute atomic E-state index is 0.120. The fraction of sp³-hybridized carbons (Fsp3) is 0. The first-order valence-corrected chi connectivity index (χ1v) is 11.8. The summed E-state index contributed by atoms with van der Waals surface area (Å²) in [6.45, 7) is 7.69. The molecule has 1 aliphatic heterocycles. The molecule has 0 aliphatic carbocycles. The molecule has 3 heterocycles. The van der Waals surface area contributed by atoms with Gasteiger partial charge < -0.3 is 4.90 Å². The van der Waals surface area contributed by atoms with E-state index in [1.165, 1.54) is 4.68 Å². The second-order valence-electron chi connectivity index (χ2n) is 8.29. The Labute approximate surface area is 218 Å². The van der Waals surface area contributed by atoms with E-state index in [9.17, 15) is 5.26 Å². The van der Waals surface area contributed by atoms with Crippen molar-refractivity contribution in [3.63, 3.8) is 0 Å². The van der Waals surface area contributed by atoms with Gasteiger partial charge in [0.15, 0.2) is 11.7 Å². The molecule has 0 atom stereocenters. The Morgan fingerprint density at radius 1 is 0.816 bits per heavy atom. The van der Waals surface area contributed by atoms with Crippen LogP contribution < -0.4 is 4.90 Å². The number of aromatic nitrogens is 4. The summed E-state index contributed by atoms with van der Waals surface area (Å²) in [6.07, 6.45) is 1.65. The van der Waals surface area contributed by atoms with Gasteiger partial charge in [-0.1, -0.05) is 42.5 Å². The van der Waals surface area contributed by atoms with Gasteiger partial charge in [-0.15, -0.1) is 5.10 Å². The molecule has 6 rings (SSSR count). The highest BCUT2D eigenvalue weighted by Crippen LogP contribution is 2.36. The molecule has 0 amide bonds. The zero-order chi connectivity index (χ0) is 25.9. The Morgan fingerprint density at radius 2 is 1.45 bits per heavy atom. The fourth-order valence-electron chi connectivity index (χ4n) is 4.25. The van der Waals surface area contributed by atoms with Crippen molar-refractivity contribution in [1.82, 2.24) is 19.7 Å². The fourth-order valence-corrected chi connectivity index (χ4v) is 4.25.